The first-order valence-electron chi connectivity index (χ1n) is 7.39. The molecular weight excluding hydrogens is 298 g/mol. The van der Waals surface area contributed by atoms with E-state index in [1.54, 1.807) is 19.1 Å². The zero-order chi connectivity index (χ0) is 17.2. The van der Waals surface area contributed by atoms with E-state index in [0.29, 0.717) is 24.5 Å². The summed E-state index contributed by atoms with van der Waals surface area (Å²) in [6.07, 6.45) is 1.64. The molecule has 0 fully saturated rings. The van der Waals surface area contributed by atoms with Crippen molar-refractivity contribution in [2.75, 3.05) is 20.3 Å². The number of rotatable bonds is 9. The van der Waals surface area contributed by atoms with Crippen molar-refractivity contribution in [3.8, 4) is 11.5 Å². The monoisotopic (exact) mass is 321 g/mol. The number of ether oxygens (including phenoxy) is 3. The number of carbonyl (C=O) groups excluding carboxylic acids is 2. The lowest BCUT2D eigenvalue weighted by molar-refractivity contribution is -0.156. The lowest BCUT2D eigenvalue weighted by atomic mass is 10.1. The van der Waals surface area contributed by atoms with Gasteiger partial charge in [-0.3, -0.25) is 4.79 Å². The molecule has 23 heavy (non-hydrogen) atoms. The summed E-state index contributed by atoms with van der Waals surface area (Å²) in [5.74, 6) is -0.00923. The Bertz CT molecular complexity index is 556. The van der Waals surface area contributed by atoms with Crippen LogP contribution in [0.1, 0.15) is 19.4 Å². The molecule has 1 atom stereocenters. The van der Waals surface area contributed by atoms with E-state index in [0.717, 1.165) is 5.56 Å². The van der Waals surface area contributed by atoms with Gasteiger partial charge in [-0.1, -0.05) is 12.1 Å². The number of methoxy groups -OCH3 is 1. The third kappa shape index (κ3) is 6.02. The number of hydrogen-bond acceptors (Lipinski definition) is 5. The fourth-order valence-corrected chi connectivity index (χ4v) is 1.86. The van der Waals surface area contributed by atoms with Crippen LogP contribution in [-0.4, -0.2) is 38.2 Å². The van der Waals surface area contributed by atoms with Gasteiger partial charge in [0.25, 0.3) is 5.91 Å². The van der Waals surface area contributed by atoms with Gasteiger partial charge < -0.3 is 19.5 Å². The fourth-order valence-electron chi connectivity index (χ4n) is 1.86. The van der Waals surface area contributed by atoms with Gasteiger partial charge in [0.2, 0.25) is 0 Å². The van der Waals surface area contributed by atoms with Gasteiger partial charge in [0.05, 0.1) is 7.11 Å². The molecular formula is C17H23NO5. The van der Waals surface area contributed by atoms with Gasteiger partial charge in [-0.2, -0.15) is 0 Å². The van der Waals surface area contributed by atoms with Crippen LogP contribution in [0.3, 0.4) is 0 Å². The van der Waals surface area contributed by atoms with Crippen molar-refractivity contribution >= 4 is 11.9 Å². The second kappa shape index (κ2) is 9.50. The standard InChI is InChI=1S/C17H23NO5/c1-5-7-13-8-9-14(15(10-13)21-4)22-11-16(19)23-12(3)17(20)18-6-2/h5,8-10,12H,1,6-7,11H2,2-4H3,(H,18,20)/t12-/m0/s1. The number of carbonyl (C=O) groups is 2. The van der Waals surface area contributed by atoms with E-state index in [2.05, 4.69) is 11.9 Å². The Morgan fingerprint density at radius 2 is 2.09 bits per heavy atom. The summed E-state index contributed by atoms with van der Waals surface area (Å²) in [5, 5.41) is 2.58. The number of nitrogens with one attached hydrogen (secondary N) is 1. The molecule has 6 heteroatoms. The lowest BCUT2D eigenvalue weighted by Crippen LogP contribution is -2.36. The van der Waals surface area contributed by atoms with Gasteiger partial charge in [0, 0.05) is 6.54 Å². The summed E-state index contributed by atoms with van der Waals surface area (Å²) >= 11 is 0. The highest BCUT2D eigenvalue weighted by molar-refractivity contribution is 5.83. The lowest BCUT2D eigenvalue weighted by Gasteiger charge is -2.14. The third-order valence-electron chi connectivity index (χ3n) is 2.98. The molecule has 0 aromatic heterocycles. The molecule has 126 valence electrons. The first kappa shape index (κ1) is 18.5. The topological polar surface area (TPSA) is 73.9 Å². The maximum absolute atomic E-state index is 11.7. The molecule has 1 amide bonds. The van der Waals surface area contributed by atoms with E-state index in [1.807, 2.05) is 12.1 Å². The molecule has 0 radical (unpaired) electrons. The van der Waals surface area contributed by atoms with E-state index in [9.17, 15) is 9.59 Å². The largest absolute Gasteiger partial charge is 0.493 e. The van der Waals surface area contributed by atoms with Crippen LogP contribution in [-0.2, 0) is 20.7 Å². The molecule has 0 aliphatic rings. The van der Waals surface area contributed by atoms with E-state index in [-0.39, 0.29) is 12.5 Å². The Morgan fingerprint density at radius 3 is 2.70 bits per heavy atom. The molecule has 0 spiro atoms. The average Bonchev–Trinajstić information content (AvgIpc) is 2.53. The summed E-state index contributed by atoms with van der Waals surface area (Å²) in [7, 11) is 1.52. The Morgan fingerprint density at radius 1 is 1.35 bits per heavy atom. The molecule has 0 aliphatic carbocycles. The van der Waals surface area contributed by atoms with Crippen molar-refractivity contribution in [2.45, 2.75) is 26.4 Å². The number of amides is 1. The van der Waals surface area contributed by atoms with Crippen LogP contribution >= 0.6 is 0 Å². The zero-order valence-corrected chi connectivity index (χ0v) is 13.8. The predicted molar refractivity (Wildman–Crippen MR) is 86.6 cm³/mol. The van der Waals surface area contributed by atoms with Gasteiger partial charge in [-0.05, 0) is 38.0 Å². The summed E-state index contributed by atoms with van der Waals surface area (Å²) < 4.78 is 15.6. The highest BCUT2D eigenvalue weighted by Gasteiger charge is 2.17. The van der Waals surface area contributed by atoms with Crippen LogP contribution in [0.15, 0.2) is 30.9 Å². The summed E-state index contributed by atoms with van der Waals surface area (Å²) in [4.78, 5) is 23.2. The molecule has 0 aliphatic heterocycles. The van der Waals surface area contributed by atoms with Crippen LogP contribution in [0.2, 0.25) is 0 Å². The summed E-state index contributed by atoms with van der Waals surface area (Å²) in [5.41, 5.74) is 1.02. The van der Waals surface area contributed by atoms with Gasteiger partial charge >= 0.3 is 5.97 Å². The molecule has 0 heterocycles. The van der Waals surface area contributed by atoms with Gasteiger partial charge in [-0.25, -0.2) is 4.79 Å². The first-order valence-corrected chi connectivity index (χ1v) is 7.39. The summed E-state index contributed by atoms with van der Waals surface area (Å²) in [6, 6.07) is 5.40. The van der Waals surface area contributed by atoms with Crippen LogP contribution in [0, 0.1) is 0 Å². The maximum atomic E-state index is 11.7. The van der Waals surface area contributed by atoms with Crippen molar-refractivity contribution in [3.05, 3.63) is 36.4 Å². The minimum absolute atomic E-state index is 0.305. The average molecular weight is 321 g/mol. The minimum Gasteiger partial charge on any atom is -0.493 e. The van der Waals surface area contributed by atoms with Gasteiger partial charge in [0.1, 0.15) is 0 Å². The van der Waals surface area contributed by atoms with Crippen LogP contribution in [0.4, 0.5) is 0 Å². The highest BCUT2D eigenvalue weighted by atomic mass is 16.6. The number of allylic oxidation sites excluding steroid dienone is 1. The second-order valence-electron chi connectivity index (χ2n) is 4.79. The molecule has 0 bridgehead atoms. The van der Waals surface area contributed by atoms with Gasteiger partial charge in [-0.15, -0.1) is 6.58 Å². The van der Waals surface area contributed by atoms with Crippen molar-refractivity contribution in [2.24, 2.45) is 0 Å². The van der Waals surface area contributed by atoms with Crippen LogP contribution in [0.25, 0.3) is 0 Å². The summed E-state index contributed by atoms with van der Waals surface area (Å²) in [6.45, 7) is 7.15. The molecule has 1 aromatic rings. The molecule has 6 nitrogen and oxygen atoms in total. The first-order chi connectivity index (χ1) is 11.0. The number of hydrogen-bond donors (Lipinski definition) is 1. The SMILES string of the molecule is C=CCc1ccc(OCC(=O)O[C@@H](C)C(=O)NCC)c(OC)c1. The third-order valence-corrected chi connectivity index (χ3v) is 2.98. The van der Waals surface area contributed by atoms with E-state index < -0.39 is 12.1 Å². The van der Waals surface area contributed by atoms with Crippen molar-refractivity contribution in [3.63, 3.8) is 0 Å². The van der Waals surface area contributed by atoms with Crippen molar-refractivity contribution < 1.29 is 23.8 Å². The highest BCUT2D eigenvalue weighted by Crippen LogP contribution is 2.28. The van der Waals surface area contributed by atoms with Crippen molar-refractivity contribution in [1.29, 1.82) is 0 Å². The molecule has 0 saturated heterocycles. The molecule has 1 N–H and O–H groups in total. The van der Waals surface area contributed by atoms with E-state index in [4.69, 9.17) is 14.2 Å². The van der Waals surface area contributed by atoms with Gasteiger partial charge in [0.15, 0.2) is 24.2 Å². The van der Waals surface area contributed by atoms with Crippen molar-refractivity contribution in [1.82, 2.24) is 5.32 Å². The molecule has 0 saturated carbocycles. The van der Waals surface area contributed by atoms with Crippen LogP contribution in [0.5, 0.6) is 11.5 Å². The molecule has 1 aromatic carbocycles. The zero-order valence-electron chi connectivity index (χ0n) is 13.8. The second-order valence-corrected chi connectivity index (χ2v) is 4.79. The Hall–Kier alpha value is -2.50. The Kier molecular flexibility index (Phi) is 7.66. The van der Waals surface area contributed by atoms with Crippen LogP contribution < -0.4 is 14.8 Å². The number of benzene rings is 1. The Labute approximate surface area is 136 Å². The van der Waals surface area contributed by atoms with E-state index in [1.165, 1.54) is 14.0 Å². The Balaban J connectivity index is 2.58. The number of likely N-dealkylation sites (N-methyl/N-ethyl adjacent to an activating group) is 1. The molecule has 0 unspecified atom stereocenters. The number of esters is 1. The smallest absolute Gasteiger partial charge is 0.344 e. The quantitative estimate of drug-likeness (QED) is 0.555. The maximum Gasteiger partial charge on any atom is 0.344 e. The minimum atomic E-state index is -0.858. The fraction of sp³-hybridized carbons (Fsp3) is 0.412. The van der Waals surface area contributed by atoms with E-state index >= 15 is 0 Å². The predicted octanol–water partition coefficient (Wildman–Crippen LogP) is 1.87. The molecule has 1 rings (SSSR count). The normalized spacial score (nSPS) is 11.3.